The smallest absolute Gasteiger partial charge is 0.164 e. The van der Waals surface area contributed by atoms with Gasteiger partial charge < -0.3 is 10.1 Å². The van der Waals surface area contributed by atoms with Crippen LogP contribution in [0.15, 0.2) is 36.7 Å². The van der Waals surface area contributed by atoms with Crippen LogP contribution in [0, 0.1) is 5.92 Å². The summed E-state index contributed by atoms with van der Waals surface area (Å²) in [5.74, 6) is 2.34. The first-order valence-corrected chi connectivity index (χ1v) is 7.01. The largest absolute Gasteiger partial charge is 0.492 e. The van der Waals surface area contributed by atoms with Crippen molar-refractivity contribution < 1.29 is 4.74 Å². The van der Waals surface area contributed by atoms with Gasteiger partial charge in [-0.3, -0.25) is 0 Å². The molecule has 0 fully saturated rings. The van der Waals surface area contributed by atoms with E-state index in [2.05, 4.69) is 29.2 Å². The van der Waals surface area contributed by atoms with Crippen molar-refractivity contribution in [2.24, 2.45) is 5.92 Å². The van der Waals surface area contributed by atoms with Gasteiger partial charge in [0, 0.05) is 0 Å². The monoisotopic (exact) mass is 274 g/mol. The van der Waals surface area contributed by atoms with Gasteiger partial charge in [0.1, 0.15) is 18.7 Å². The molecule has 0 unspecified atom stereocenters. The van der Waals surface area contributed by atoms with Gasteiger partial charge in [-0.05, 0) is 24.6 Å². The molecule has 1 N–H and O–H groups in total. The molecule has 0 bridgehead atoms. The third kappa shape index (κ3) is 5.01. The van der Waals surface area contributed by atoms with Crippen LogP contribution in [0.25, 0.3) is 0 Å². The third-order valence-electron chi connectivity index (χ3n) is 2.75. The topological polar surface area (TPSA) is 52.0 Å². The van der Waals surface area contributed by atoms with Gasteiger partial charge in [0.15, 0.2) is 5.82 Å². The second-order valence-corrected chi connectivity index (χ2v) is 5.11. The SMILES string of the molecule is CC(C)CNCc1ncn(CCOc2ccccc2)n1. The van der Waals surface area contributed by atoms with Crippen LogP contribution in [-0.2, 0) is 13.1 Å². The van der Waals surface area contributed by atoms with Crippen LogP contribution in [0.1, 0.15) is 19.7 Å². The van der Waals surface area contributed by atoms with E-state index in [0.717, 1.165) is 18.1 Å². The van der Waals surface area contributed by atoms with Crippen molar-refractivity contribution in [2.75, 3.05) is 13.2 Å². The minimum atomic E-state index is 0.590. The number of benzene rings is 1. The first-order valence-electron chi connectivity index (χ1n) is 7.01. The Morgan fingerprint density at radius 2 is 2.05 bits per heavy atom. The molecule has 0 aliphatic carbocycles. The van der Waals surface area contributed by atoms with Crippen molar-refractivity contribution >= 4 is 0 Å². The average Bonchev–Trinajstić information content (AvgIpc) is 2.87. The molecule has 5 heteroatoms. The molecule has 0 aliphatic heterocycles. The number of ether oxygens (including phenoxy) is 1. The van der Waals surface area contributed by atoms with Gasteiger partial charge >= 0.3 is 0 Å². The molecule has 0 saturated heterocycles. The summed E-state index contributed by atoms with van der Waals surface area (Å²) in [6.45, 7) is 7.34. The van der Waals surface area contributed by atoms with E-state index in [9.17, 15) is 0 Å². The van der Waals surface area contributed by atoms with Gasteiger partial charge in [-0.1, -0.05) is 32.0 Å². The first kappa shape index (κ1) is 14.5. The van der Waals surface area contributed by atoms with Gasteiger partial charge in [-0.25, -0.2) is 9.67 Å². The second kappa shape index (κ2) is 7.65. The molecule has 2 aromatic rings. The van der Waals surface area contributed by atoms with E-state index in [1.54, 1.807) is 6.33 Å². The van der Waals surface area contributed by atoms with Crippen LogP contribution in [0.4, 0.5) is 0 Å². The standard InChI is InChI=1S/C15H22N4O/c1-13(2)10-16-11-15-17-12-19(18-15)8-9-20-14-6-4-3-5-7-14/h3-7,12-13,16H,8-11H2,1-2H3. The molecule has 0 saturated carbocycles. The molecule has 20 heavy (non-hydrogen) atoms. The fourth-order valence-corrected chi connectivity index (χ4v) is 1.77. The summed E-state index contributed by atoms with van der Waals surface area (Å²) in [6.07, 6.45) is 1.75. The Hall–Kier alpha value is -1.88. The lowest BCUT2D eigenvalue weighted by Crippen LogP contribution is -2.20. The Balaban J connectivity index is 1.70. The molecule has 0 aliphatic rings. The molecule has 1 heterocycles. The molecule has 5 nitrogen and oxygen atoms in total. The van der Waals surface area contributed by atoms with Crippen LogP contribution < -0.4 is 10.1 Å². The predicted octanol–water partition coefficient (Wildman–Crippen LogP) is 2.10. The van der Waals surface area contributed by atoms with E-state index in [-0.39, 0.29) is 0 Å². The molecule has 1 aromatic carbocycles. The zero-order valence-electron chi connectivity index (χ0n) is 12.1. The summed E-state index contributed by atoms with van der Waals surface area (Å²) >= 11 is 0. The Morgan fingerprint density at radius 3 is 2.80 bits per heavy atom. The van der Waals surface area contributed by atoms with E-state index in [1.807, 2.05) is 35.0 Å². The average molecular weight is 274 g/mol. The number of hydrogen-bond acceptors (Lipinski definition) is 4. The number of rotatable bonds is 8. The van der Waals surface area contributed by atoms with Crippen LogP contribution >= 0.6 is 0 Å². The van der Waals surface area contributed by atoms with Gasteiger partial charge in [-0.2, -0.15) is 5.10 Å². The minimum Gasteiger partial charge on any atom is -0.492 e. The Labute approximate surface area is 120 Å². The quantitative estimate of drug-likeness (QED) is 0.801. The van der Waals surface area contributed by atoms with E-state index >= 15 is 0 Å². The number of nitrogens with zero attached hydrogens (tertiary/aromatic N) is 3. The Morgan fingerprint density at radius 1 is 1.25 bits per heavy atom. The maximum atomic E-state index is 5.63. The normalized spacial score (nSPS) is 10.9. The molecular formula is C15H22N4O. The highest BCUT2D eigenvalue weighted by Crippen LogP contribution is 2.07. The number of para-hydroxylation sites is 1. The highest BCUT2D eigenvalue weighted by atomic mass is 16.5. The molecule has 0 spiro atoms. The van der Waals surface area contributed by atoms with Crippen molar-refractivity contribution in [3.05, 3.63) is 42.5 Å². The summed E-state index contributed by atoms with van der Waals surface area (Å²) in [7, 11) is 0. The molecule has 0 amide bonds. The molecular weight excluding hydrogens is 252 g/mol. The molecule has 108 valence electrons. The van der Waals surface area contributed by atoms with Crippen molar-refractivity contribution in [3.63, 3.8) is 0 Å². The van der Waals surface area contributed by atoms with E-state index in [1.165, 1.54) is 0 Å². The lowest BCUT2D eigenvalue weighted by molar-refractivity contribution is 0.290. The first-order chi connectivity index (χ1) is 9.74. The van der Waals surface area contributed by atoms with E-state index in [4.69, 9.17) is 4.74 Å². The summed E-state index contributed by atoms with van der Waals surface area (Å²) in [5, 5.41) is 7.73. The highest BCUT2D eigenvalue weighted by Gasteiger charge is 2.01. The third-order valence-corrected chi connectivity index (χ3v) is 2.75. The van der Waals surface area contributed by atoms with E-state index < -0.39 is 0 Å². The van der Waals surface area contributed by atoms with Crippen molar-refractivity contribution in [2.45, 2.75) is 26.9 Å². The molecule has 2 rings (SSSR count). The summed E-state index contributed by atoms with van der Waals surface area (Å²) in [4.78, 5) is 4.27. The number of nitrogens with one attached hydrogen (secondary N) is 1. The molecule has 1 aromatic heterocycles. The van der Waals surface area contributed by atoms with Crippen LogP contribution in [0.2, 0.25) is 0 Å². The lowest BCUT2D eigenvalue weighted by Gasteiger charge is -2.05. The van der Waals surface area contributed by atoms with Gasteiger partial charge in [0.2, 0.25) is 0 Å². The molecule has 0 atom stereocenters. The highest BCUT2D eigenvalue weighted by molar-refractivity contribution is 5.20. The maximum absolute atomic E-state index is 5.63. The Bertz CT molecular complexity index is 496. The Kier molecular flexibility index (Phi) is 5.55. The minimum absolute atomic E-state index is 0.590. The molecule has 0 radical (unpaired) electrons. The zero-order chi connectivity index (χ0) is 14.2. The fourth-order valence-electron chi connectivity index (χ4n) is 1.77. The number of hydrogen-bond donors (Lipinski definition) is 1. The van der Waals surface area contributed by atoms with Crippen molar-refractivity contribution in [1.29, 1.82) is 0 Å². The predicted molar refractivity (Wildman–Crippen MR) is 78.5 cm³/mol. The van der Waals surface area contributed by atoms with Gasteiger partial charge in [0.25, 0.3) is 0 Å². The zero-order valence-corrected chi connectivity index (χ0v) is 12.1. The fraction of sp³-hybridized carbons (Fsp3) is 0.467. The van der Waals surface area contributed by atoms with Crippen LogP contribution in [0.3, 0.4) is 0 Å². The lowest BCUT2D eigenvalue weighted by atomic mass is 10.2. The van der Waals surface area contributed by atoms with Crippen molar-refractivity contribution in [1.82, 2.24) is 20.1 Å². The summed E-state index contributed by atoms with van der Waals surface area (Å²) in [5.41, 5.74) is 0. The van der Waals surface area contributed by atoms with Crippen molar-refractivity contribution in [3.8, 4) is 5.75 Å². The maximum Gasteiger partial charge on any atom is 0.164 e. The van der Waals surface area contributed by atoms with Crippen LogP contribution in [-0.4, -0.2) is 27.9 Å². The van der Waals surface area contributed by atoms with Gasteiger partial charge in [-0.15, -0.1) is 0 Å². The number of aromatic nitrogens is 3. The summed E-state index contributed by atoms with van der Waals surface area (Å²) < 4.78 is 7.44. The second-order valence-electron chi connectivity index (χ2n) is 5.11. The van der Waals surface area contributed by atoms with Crippen LogP contribution in [0.5, 0.6) is 5.75 Å². The summed E-state index contributed by atoms with van der Waals surface area (Å²) in [6, 6.07) is 9.79. The van der Waals surface area contributed by atoms with Gasteiger partial charge in [0.05, 0.1) is 13.1 Å². The van der Waals surface area contributed by atoms with E-state index in [0.29, 0.717) is 25.6 Å².